The molecule has 0 aliphatic rings. The highest BCUT2D eigenvalue weighted by molar-refractivity contribution is 7.89. The summed E-state index contributed by atoms with van der Waals surface area (Å²) in [7, 11) is -0.622. The molecular formula is C19H21NO6S. The molecule has 2 aromatic carbocycles. The van der Waals surface area contributed by atoms with Crippen LogP contribution in [0, 0.1) is 0 Å². The zero-order valence-corrected chi connectivity index (χ0v) is 15.8. The number of rotatable bonds is 9. The summed E-state index contributed by atoms with van der Waals surface area (Å²) in [5.41, 5.74) is 1.38. The van der Waals surface area contributed by atoms with Crippen molar-refractivity contribution >= 4 is 22.1 Å². The quantitative estimate of drug-likeness (QED) is 0.636. The van der Waals surface area contributed by atoms with Gasteiger partial charge in [-0.15, -0.1) is 0 Å². The number of sulfonamides is 1. The van der Waals surface area contributed by atoms with Gasteiger partial charge in [-0.1, -0.05) is 18.2 Å². The van der Waals surface area contributed by atoms with Crippen LogP contribution in [0.1, 0.15) is 11.1 Å². The molecule has 144 valence electrons. The van der Waals surface area contributed by atoms with E-state index in [0.717, 1.165) is 11.6 Å². The van der Waals surface area contributed by atoms with E-state index in [2.05, 4.69) is 4.72 Å². The van der Waals surface area contributed by atoms with E-state index in [1.165, 1.54) is 25.3 Å². The first kappa shape index (κ1) is 20.5. The number of nitrogens with one attached hydrogen (secondary N) is 1. The molecule has 2 N–H and O–H groups in total. The van der Waals surface area contributed by atoms with Gasteiger partial charge in [-0.05, 0) is 47.9 Å². The van der Waals surface area contributed by atoms with Gasteiger partial charge in [0.1, 0.15) is 0 Å². The van der Waals surface area contributed by atoms with Crippen LogP contribution in [0.2, 0.25) is 0 Å². The van der Waals surface area contributed by atoms with E-state index in [1.807, 2.05) is 6.07 Å². The fourth-order valence-corrected chi connectivity index (χ4v) is 3.49. The van der Waals surface area contributed by atoms with Crippen molar-refractivity contribution in [1.82, 2.24) is 4.72 Å². The second-order valence-electron chi connectivity index (χ2n) is 5.58. The van der Waals surface area contributed by atoms with E-state index < -0.39 is 16.0 Å². The molecule has 2 aromatic rings. The summed E-state index contributed by atoms with van der Waals surface area (Å²) in [4.78, 5) is 10.7. The minimum Gasteiger partial charge on any atom is -0.493 e. The second kappa shape index (κ2) is 9.20. The molecule has 0 saturated carbocycles. The van der Waals surface area contributed by atoms with Gasteiger partial charge in [0.15, 0.2) is 11.5 Å². The van der Waals surface area contributed by atoms with E-state index in [1.54, 1.807) is 31.4 Å². The van der Waals surface area contributed by atoms with Gasteiger partial charge in [0.2, 0.25) is 10.0 Å². The molecule has 27 heavy (non-hydrogen) atoms. The summed E-state index contributed by atoms with van der Waals surface area (Å²) < 4.78 is 37.8. The number of hydrogen-bond donors (Lipinski definition) is 2. The molecule has 0 amide bonds. The third-order valence-electron chi connectivity index (χ3n) is 3.74. The van der Waals surface area contributed by atoms with Crippen LogP contribution in [0.4, 0.5) is 0 Å². The molecule has 7 nitrogen and oxygen atoms in total. The fourth-order valence-electron chi connectivity index (χ4n) is 2.40. The van der Waals surface area contributed by atoms with Crippen LogP contribution >= 0.6 is 0 Å². The average molecular weight is 391 g/mol. The summed E-state index contributed by atoms with van der Waals surface area (Å²) in [6.07, 6.45) is 2.76. The van der Waals surface area contributed by atoms with Gasteiger partial charge in [0.25, 0.3) is 0 Å². The van der Waals surface area contributed by atoms with Crippen LogP contribution in [0.3, 0.4) is 0 Å². The van der Waals surface area contributed by atoms with Crippen molar-refractivity contribution in [2.24, 2.45) is 0 Å². The van der Waals surface area contributed by atoms with Crippen LogP contribution in [-0.2, 0) is 21.2 Å². The third kappa shape index (κ3) is 5.83. The molecule has 0 atom stereocenters. The Morgan fingerprint density at radius 1 is 1.11 bits per heavy atom. The lowest BCUT2D eigenvalue weighted by Gasteiger charge is -2.10. The van der Waals surface area contributed by atoms with Crippen molar-refractivity contribution in [1.29, 1.82) is 0 Å². The molecule has 0 unspecified atom stereocenters. The van der Waals surface area contributed by atoms with Crippen LogP contribution in [0.5, 0.6) is 11.5 Å². The number of carbonyl (C=O) groups is 1. The maximum absolute atomic E-state index is 12.4. The molecule has 2 rings (SSSR count). The molecule has 0 aliphatic heterocycles. The van der Waals surface area contributed by atoms with Crippen LogP contribution in [-0.4, -0.2) is 40.3 Å². The monoisotopic (exact) mass is 391 g/mol. The highest BCUT2D eigenvalue weighted by atomic mass is 32.2. The molecule has 0 aromatic heterocycles. The number of ether oxygens (including phenoxy) is 2. The highest BCUT2D eigenvalue weighted by Gasteiger charge is 2.14. The zero-order valence-electron chi connectivity index (χ0n) is 15.0. The first-order valence-corrected chi connectivity index (χ1v) is 9.55. The Kier molecular flexibility index (Phi) is 6.98. The van der Waals surface area contributed by atoms with Gasteiger partial charge in [-0.25, -0.2) is 17.9 Å². The van der Waals surface area contributed by atoms with Crippen molar-refractivity contribution in [2.75, 3.05) is 20.8 Å². The predicted octanol–water partition coefficient (Wildman–Crippen LogP) is 2.32. The minimum atomic E-state index is -3.71. The van der Waals surface area contributed by atoms with Crippen molar-refractivity contribution in [3.63, 3.8) is 0 Å². The van der Waals surface area contributed by atoms with Crippen molar-refractivity contribution in [2.45, 2.75) is 11.3 Å². The van der Waals surface area contributed by atoms with Crippen LogP contribution < -0.4 is 14.2 Å². The normalized spacial score (nSPS) is 11.5. The first-order valence-electron chi connectivity index (χ1n) is 8.07. The molecule has 8 heteroatoms. The smallest absolute Gasteiger partial charge is 0.328 e. The lowest BCUT2D eigenvalue weighted by atomic mass is 10.1. The maximum atomic E-state index is 12.4. The SMILES string of the molecule is COc1ccc(CCNS(=O)(=O)c2cccc(C=CC(=O)O)c2)cc1OC. The van der Waals surface area contributed by atoms with Crippen molar-refractivity contribution in [3.8, 4) is 11.5 Å². The number of carboxylic acid groups (broad SMARTS) is 1. The van der Waals surface area contributed by atoms with Crippen molar-refractivity contribution < 1.29 is 27.8 Å². The zero-order chi connectivity index (χ0) is 19.9. The summed E-state index contributed by atoms with van der Waals surface area (Å²) in [6.45, 7) is 0.201. The van der Waals surface area contributed by atoms with Gasteiger partial charge in [0, 0.05) is 12.6 Å². The number of methoxy groups -OCH3 is 2. The molecular weight excluding hydrogens is 370 g/mol. The molecule has 0 aliphatic carbocycles. The Bertz CT molecular complexity index is 937. The second-order valence-corrected chi connectivity index (χ2v) is 7.35. The number of aliphatic carboxylic acids is 1. The lowest BCUT2D eigenvalue weighted by Crippen LogP contribution is -2.26. The van der Waals surface area contributed by atoms with Gasteiger partial charge in [-0.2, -0.15) is 0 Å². The standard InChI is InChI=1S/C19H21NO6S/c1-25-17-8-6-15(13-18(17)26-2)10-11-20-27(23,24)16-5-3-4-14(12-16)7-9-19(21)22/h3-9,12-13,20H,10-11H2,1-2H3,(H,21,22). The Labute approximate surface area is 158 Å². The number of hydrogen-bond acceptors (Lipinski definition) is 5. The van der Waals surface area contributed by atoms with E-state index in [0.29, 0.717) is 23.5 Å². The highest BCUT2D eigenvalue weighted by Crippen LogP contribution is 2.27. The molecule has 0 saturated heterocycles. The topological polar surface area (TPSA) is 102 Å². The fraction of sp³-hybridized carbons (Fsp3) is 0.211. The largest absolute Gasteiger partial charge is 0.493 e. The van der Waals surface area contributed by atoms with E-state index in [4.69, 9.17) is 14.6 Å². The molecule has 0 heterocycles. The van der Waals surface area contributed by atoms with Crippen molar-refractivity contribution in [3.05, 3.63) is 59.7 Å². The molecule has 0 fully saturated rings. The van der Waals surface area contributed by atoms with Gasteiger partial charge < -0.3 is 14.6 Å². The number of carboxylic acids is 1. The molecule has 0 radical (unpaired) electrons. The lowest BCUT2D eigenvalue weighted by molar-refractivity contribution is -0.131. The third-order valence-corrected chi connectivity index (χ3v) is 5.20. The van der Waals surface area contributed by atoms with Gasteiger partial charge in [-0.3, -0.25) is 0 Å². The summed E-state index contributed by atoms with van der Waals surface area (Å²) >= 11 is 0. The number of benzene rings is 2. The Hall–Kier alpha value is -2.84. The predicted molar refractivity (Wildman–Crippen MR) is 102 cm³/mol. The average Bonchev–Trinajstić information content (AvgIpc) is 2.66. The summed E-state index contributed by atoms with van der Waals surface area (Å²) in [5.74, 6) is 0.0835. The Balaban J connectivity index is 2.05. The summed E-state index contributed by atoms with van der Waals surface area (Å²) in [5, 5.41) is 8.66. The minimum absolute atomic E-state index is 0.0716. The van der Waals surface area contributed by atoms with E-state index in [-0.39, 0.29) is 11.4 Å². The maximum Gasteiger partial charge on any atom is 0.328 e. The van der Waals surface area contributed by atoms with Gasteiger partial charge in [0.05, 0.1) is 19.1 Å². The van der Waals surface area contributed by atoms with Crippen LogP contribution in [0.25, 0.3) is 6.08 Å². The first-order chi connectivity index (χ1) is 12.9. The van der Waals surface area contributed by atoms with E-state index in [9.17, 15) is 13.2 Å². The Morgan fingerprint density at radius 2 is 1.85 bits per heavy atom. The van der Waals surface area contributed by atoms with E-state index >= 15 is 0 Å². The molecule has 0 bridgehead atoms. The molecule has 0 spiro atoms. The summed E-state index contributed by atoms with van der Waals surface area (Å²) in [6, 6.07) is 11.5. The van der Waals surface area contributed by atoms with Gasteiger partial charge >= 0.3 is 5.97 Å². The van der Waals surface area contributed by atoms with Crippen LogP contribution in [0.15, 0.2) is 53.4 Å². The Morgan fingerprint density at radius 3 is 2.52 bits per heavy atom.